The molecule has 0 saturated carbocycles. The predicted octanol–water partition coefficient (Wildman–Crippen LogP) is 3.53. The number of aromatic hydroxyl groups is 1. The molecule has 9 heteroatoms. The summed E-state index contributed by atoms with van der Waals surface area (Å²) in [5, 5.41) is 21.7. The normalized spacial score (nSPS) is 15.7. The summed E-state index contributed by atoms with van der Waals surface area (Å²) in [4.78, 5) is 23.4. The zero-order chi connectivity index (χ0) is 18.0. The van der Waals surface area contributed by atoms with E-state index in [4.69, 9.17) is 12.2 Å². The van der Waals surface area contributed by atoms with Crippen molar-refractivity contribution in [2.75, 3.05) is 5.43 Å². The van der Waals surface area contributed by atoms with Crippen molar-refractivity contribution in [1.82, 2.24) is 5.01 Å². The first-order valence-corrected chi connectivity index (χ1v) is 8.25. The molecule has 25 heavy (non-hydrogen) atoms. The van der Waals surface area contributed by atoms with Gasteiger partial charge in [-0.3, -0.25) is 20.3 Å². The van der Waals surface area contributed by atoms with Crippen LogP contribution in [0.1, 0.15) is 5.56 Å². The SMILES string of the molecule is O=C1/C(=C\c2cccc(O)c2)SC(=S)N1Nc1ccccc1[N+](=O)[O-]. The Kier molecular flexibility index (Phi) is 4.68. The smallest absolute Gasteiger partial charge is 0.294 e. The summed E-state index contributed by atoms with van der Waals surface area (Å²) < 4.78 is 0.231. The Hall–Kier alpha value is -2.91. The van der Waals surface area contributed by atoms with Gasteiger partial charge in [-0.15, -0.1) is 0 Å². The Morgan fingerprint density at radius 1 is 1.24 bits per heavy atom. The van der Waals surface area contributed by atoms with Crippen molar-refractivity contribution in [2.45, 2.75) is 0 Å². The van der Waals surface area contributed by atoms with Gasteiger partial charge < -0.3 is 5.11 Å². The summed E-state index contributed by atoms with van der Waals surface area (Å²) in [6.45, 7) is 0. The average Bonchev–Trinajstić information content (AvgIpc) is 2.83. The predicted molar refractivity (Wildman–Crippen MR) is 99.8 cm³/mol. The van der Waals surface area contributed by atoms with Crippen molar-refractivity contribution in [1.29, 1.82) is 0 Å². The minimum atomic E-state index is -0.539. The summed E-state index contributed by atoms with van der Waals surface area (Å²) in [6, 6.07) is 12.4. The highest BCUT2D eigenvalue weighted by molar-refractivity contribution is 8.26. The van der Waals surface area contributed by atoms with E-state index < -0.39 is 10.8 Å². The van der Waals surface area contributed by atoms with Crippen LogP contribution in [-0.2, 0) is 4.79 Å². The maximum atomic E-state index is 12.5. The van der Waals surface area contributed by atoms with Gasteiger partial charge in [0.25, 0.3) is 11.6 Å². The Morgan fingerprint density at radius 3 is 2.72 bits per heavy atom. The quantitative estimate of drug-likeness (QED) is 0.366. The number of hydrogen-bond donors (Lipinski definition) is 2. The molecule has 1 fully saturated rings. The molecule has 0 unspecified atom stereocenters. The largest absolute Gasteiger partial charge is 0.508 e. The van der Waals surface area contributed by atoms with Crippen LogP contribution < -0.4 is 5.43 Å². The molecule has 7 nitrogen and oxygen atoms in total. The third-order valence-corrected chi connectivity index (χ3v) is 4.60. The number of thioether (sulfide) groups is 1. The van der Waals surface area contributed by atoms with Crippen molar-refractivity contribution in [3.05, 3.63) is 69.1 Å². The van der Waals surface area contributed by atoms with Crippen molar-refractivity contribution in [2.24, 2.45) is 0 Å². The lowest BCUT2D eigenvalue weighted by atomic mass is 10.2. The molecule has 2 aromatic rings. The number of phenolic OH excluding ortho intramolecular Hbond substituents is 1. The minimum absolute atomic E-state index is 0.0854. The molecule has 1 saturated heterocycles. The average molecular weight is 373 g/mol. The second-order valence-electron chi connectivity index (χ2n) is 5.00. The van der Waals surface area contributed by atoms with Crippen molar-refractivity contribution in [3.63, 3.8) is 0 Å². The van der Waals surface area contributed by atoms with E-state index in [2.05, 4.69) is 5.43 Å². The molecule has 1 aliphatic heterocycles. The molecule has 0 spiro atoms. The van der Waals surface area contributed by atoms with Crippen molar-refractivity contribution >= 4 is 51.7 Å². The molecule has 0 aromatic heterocycles. The van der Waals surface area contributed by atoms with Gasteiger partial charge in [-0.2, -0.15) is 0 Å². The molecule has 1 amide bonds. The highest BCUT2D eigenvalue weighted by atomic mass is 32.2. The summed E-state index contributed by atoms with van der Waals surface area (Å²) in [6.07, 6.45) is 1.60. The maximum absolute atomic E-state index is 12.5. The summed E-state index contributed by atoms with van der Waals surface area (Å²) in [5.74, 6) is -0.334. The van der Waals surface area contributed by atoms with Crippen LogP contribution in [-0.4, -0.2) is 25.3 Å². The fourth-order valence-corrected chi connectivity index (χ4v) is 3.36. The number of phenols is 1. The highest BCUT2D eigenvalue weighted by Gasteiger charge is 2.33. The van der Waals surface area contributed by atoms with E-state index in [0.717, 1.165) is 16.8 Å². The van der Waals surface area contributed by atoms with Crippen LogP contribution in [0.15, 0.2) is 53.4 Å². The molecule has 126 valence electrons. The molecule has 0 atom stereocenters. The van der Waals surface area contributed by atoms with Crippen LogP contribution in [0, 0.1) is 10.1 Å². The molecule has 0 aliphatic carbocycles. The van der Waals surface area contributed by atoms with E-state index in [0.29, 0.717) is 10.5 Å². The lowest BCUT2D eigenvalue weighted by molar-refractivity contribution is -0.384. The van der Waals surface area contributed by atoms with Crippen LogP contribution in [0.3, 0.4) is 0 Å². The topological polar surface area (TPSA) is 95.7 Å². The van der Waals surface area contributed by atoms with Gasteiger partial charge in [0, 0.05) is 6.07 Å². The number of carbonyl (C=O) groups excluding carboxylic acids is 1. The molecule has 2 N–H and O–H groups in total. The number of anilines is 1. The number of benzene rings is 2. The van der Waals surface area contributed by atoms with Crippen LogP contribution in [0.5, 0.6) is 5.75 Å². The number of thiocarbonyl (C=S) groups is 1. The Labute approximate surface area is 152 Å². The number of nitro groups is 1. The molecule has 3 rings (SSSR count). The van der Waals surface area contributed by atoms with Gasteiger partial charge in [-0.05, 0) is 42.1 Å². The maximum Gasteiger partial charge on any atom is 0.294 e. The molecule has 1 heterocycles. The number of amides is 1. The number of hydrazine groups is 1. The number of hydrogen-bond acceptors (Lipinski definition) is 7. The fourth-order valence-electron chi connectivity index (χ4n) is 2.18. The number of carbonyl (C=O) groups is 1. The fraction of sp³-hybridized carbons (Fsp3) is 0. The Bertz CT molecular complexity index is 914. The summed E-state index contributed by atoms with van der Waals surface area (Å²) in [7, 11) is 0. The monoisotopic (exact) mass is 373 g/mol. The molecule has 0 radical (unpaired) electrons. The molecular formula is C16H11N3O4S2. The van der Waals surface area contributed by atoms with Gasteiger partial charge in [0.1, 0.15) is 11.4 Å². The van der Waals surface area contributed by atoms with Crippen LogP contribution in [0.4, 0.5) is 11.4 Å². The second kappa shape index (κ2) is 6.91. The number of rotatable bonds is 4. The number of nitrogens with zero attached hydrogens (tertiary/aromatic N) is 2. The van der Waals surface area contributed by atoms with Crippen LogP contribution in [0.2, 0.25) is 0 Å². The van der Waals surface area contributed by atoms with Crippen LogP contribution >= 0.6 is 24.0 Å². The van der Waals surface area contributed by atoms with Crippen LogP contribution in [0.25, 0.3) is 6.08 Å². The highest BCUT2D eigenvalue weighted by Crippen LogP contribution is 2.34. The number of nitro benzene ring substituents is 1. The van der Waals surface area contributed by atoms with E-state index in [1.165, 1.54) is 30.3 Å². The Morgan fingerprint density at radius 2 is 2.00 bits per heavy atom. The van der Waals surface area contributed by atoms with E-state index in [1.54, 1.807) is 24.3 Å². The van der Waals surface area contributed by atoms with E-state index in [1.807, 2.05) is 0 Å². The van der Waals surface area contributed by atoms with Gasteiger partial charge in [0.15, 0.2) is 4.32 Å². The number of para-hydroxylation sites is 2. The lowest BCUT2D eigenvalue weighted by Crippen LogP contribution is -2.34. The first-order valence-electron chi connectivity index (χ1n) is 7.03. The van der Waals surface area contributed by atoms with Gasteiger partial charge in [0.2, 0.25) is 0 Å². The van der Waals surface area contributed by atoms with Gasteiger partial charge in [-0.1, -0.05) is 36.0 Å². The molecule has 1 aliphatic rings. The van der Waals surface area contributed by atoms with E-state index in [-0.39, 0.29) is 21.4 Å². The second-order valence-corrected chi connectivity index (χ2v) is 6.67. The van der Waals surface area contributed by atoms with Gasteiger partial charge >= 0.3 is 0 Å². The van der Waals surface area contributed by atoms with Gasteiger partial charge in [0.05, 0.1) is 9.83 Å². The summed E-state index contributed by atoms with van der Waals surface area (Å²) in [5.41, 5.74) is 3.36. The van der Waals surface area contributed by atoms with Gasteiger partial charge in [-0.25, -0.2) is 5.01 Å². The van der Waals surface area contributed by atoms with Crippen molar-refractivity contribution < 1.29 is 14.8 Å². The molecular weight excluding hydrogens is 362 g/mol. The van der Waals surface area contributed by atoms with E-state index in [9.17, 15) is 20.0 Å². The Balaban J connectivity index is 1.86. The van der Waals surface area contributed by atoms with E-state index >= 15 is 0 Å². The zero-order valence-corrected chi connectivity index (χ0v) is 14.2. The lowest BCUT2D eigenvalue weighted by Gasteiger charge is -2.16. The first-order chi connectivity index (χ1) is 12.0. The van der Waals surface area contributed by atoms with Crippen molar-refractivity contribution in [3.8, 4) is 5.75 Å². The molecule has 0 bridgehead atoms. The first kappa shape index (κ1) is 16.9. The molecule has 2 aromatic carbocycles. The minimum Gasteiger partial charge on any atom is -0.508 e. The third-order valence-electron chi connectivity index (χ3n) is 3.29. The zero-order valence-electron chi connectivity index (χ0n) is 12.6. The summed E-state index contributed by atoms with van der Waals surface area (Å²) >= 11 is 6.26. The number of nitrogens with one attached hydrogen (secondary N) is 1. The third kappa shape index (κ3) is 3.62. The standard InChI is InChI=1S/C16H11N3O4S2/c20-11-5-3-4-10(8-11)9-14-15(21)18(16(24)25-14)17-12-6-1-2-7-13(12)19(22)23/h1-9,17,20H/b14-9+.